The summed E-state index contributed by atoms with van der Waals surface area (Å²) in [5, 5.41) is 12.0. The summed E-state index contributed by atoms with van der Waals surface area (Å²) < 4.78 is 14.6. The topological polar surface area (TPSA) is 53.0 Å². The molecule has 4 aromatic rings. The third-order valence-electron chi connectivity index (χ3n) is 4.73. The fraction of sp³-hybridized carbons (Fsp3) is 0.0435. The molecule has 0 atom stereocenters. The molecule has 0 unspecified atom stereocenters. The fourth-order valence-corrected chi connectivity index (χ4v) is 3.60. The van der Waals surface area contributed by atoms with E-state index >= 15 is 0 Å². The average Bonchev–Trinajstić information content (AvgIpc) is 2.68. The highest BCUT2D eigenvalue weighted by Gasteiger charge is 2.15. The molecule has 0 radical (unpaired) electrons. The first-order valence-electron chi connectivity index (χ1n) is 8.61. The second-order valence-electron chi connectivity index (χ2n) is 6.49. The van der Waals surface area contributed by atoms with Gasteiger partial charge in [0.05, 0.1) is 17.2 Å². The van der Waals surface area contributed by atoms with Gasteiger partial charge in [0.15, 0.2) is 0 Å². The third kappa shape index (κ3) is 3.29. The molecule has 0 aliphatic rings. The van der Waals surface area contributed by atoms with Crippen molar-refractivity contribution in [3.05, 3.63) is 88.1 Å². The van der Waals surface area contributed by atoms with Crippen LogP contribution in [0.5, 0.6) is 0 Å². The molecule has 0 N–H and O–H groups in total. The van der Waals surface area contributed by atoms with E-state index in [2.05, 4.69) is 20.9 Å². The van der Waals surface area contributed by atoms with Gasteiger partial charge in [-0.2, -0.15) is 0 Å². The van der Waals surface area contributed by atoms with Crippen molar-refractivity contribution in [2.45, 2.75) is 6.92 Å². The number of aromatic nitrogens is 1. The first kappa shape index (κ1) is 18.3. The van der Waals surface area contributed by atoms with E-state index in [-0.39, 0.29) is 10.9 Å². The van der Waals surface area contributed by atoms with Crippen LogP contribution in [0.15, 0.2) is 71.2 Å². The fourth-order valence-electron chi connectivity index (χ4n) is 3.34. The Morgan fingerprint density at radius 2 is 1.50 bits per heavy atom. The minimum absolute atomic E-state index is 0.0310. The summed E-state index contributed by atoms with van der Waals surface area (Å²) in [6.45, 7) is 1.67. The molecule has 4 rings (SSSR count). The Morgan fingerprint density at radius 3 is 2.11 bits per heavy atom. The first-order chi connectivity index (χ1) is 13.4. The van der Waals surface area contributed by atoms with Crippen LogP contribution in [-0.4, -0.2) is 11.0 Å². The summed E-state index contributed by atoms with van der Waals surface area (Å²) in [7, 11) is 0. The summed E-state index contributed by atoms with van der Waals surface area (Å²) in [6.07, 6.45) is 0. The zero-order chi connectivity index (χ0) is 19.8. The molecule has 28 heavy (non-hydrogen) atoms. The van der Waals surface area contributed by atoms with Crippen molar-refractivity contribution in [1.82, 2.24) is 4.98 Å². The highest BCUT2D eigenvalue weighted by molar-refractivity contribution is 9.10. The van der Waals surface area contributed by atoms with Gasteiger partial charge in [-0.15, -0.1) is 0 Å². The van der Waals surface area contributed by atoms with Gasteiger partial charge >= 0.3 is 0 Å². The Labute approximate surface area is 169 Å². The summed E-state index contributed by atoms with van der Waals surface area (Å²) >= 11 is 3.43. The van der Waals surface area contributed by atoms with E-state index in [1.807, 2.05) is 48.5 Å². The van der Waals surface area contributed by atoms with Crippen molar-refractivity contribution in [3.8, 4) is 22.4 Å². The summed E-state index contributed by atoms with van der Waals surface area (Å²) in [6, 6.07) is 19.7. The Morgan fingerprint density at radius 1 is 0.929 bits per heavy atom. The molecule has 5 heteroatoms. The van der Waals surface area contributed by atoms with Crippen molar-refractivity contribution in [1.29, 1.82) is 0 Å². The van der Waals surface area contributed by atoms with Gasteiger partial charge in [0.25, 0.3) is 0 Å². The highest BCUT2D eigenvalue weighted by Crippen LogP contribution is 2.31. The van der Waals surface area contributed by atoms with Crippen LogP contribution < -0.4 is 5.11 Å². The smallest absolute Gasteiger partial charge is 0.123 e. The molecule has 0 amide bonds. The number of nitrogens with zero attached hydrogens (tertiary/aromatic N) is 1. The molecule has 138 valence electrons. The Balaban J connectivity index is 1.85. The number of carboxylic acids is 1. The molecule has 3 aromatic carbocycles. The van der Waals surface area contributed by atoms with Gasteiger partial charge in [0.2, 0.25) is 0 Å². The van der Waals surface area contributed by atoms with Gasteiger partial charge in [-0.3, -0.25) is 0 Å². The van der Waals surface area contributed by atoms with E-state index < -0.39 is 11.8 Å². The number of rotatable bonds is 3. The van der Waals surface area contributed by atoms with E-state index in [1.165, 1.54) is 18.2 Å². The molecule has 0 aliphatic carbocycles. The average molecular weight is 435 g/mol. The molecule has 0 spiro atoms. The normalized spacial score (nSPS) is 11.0. The van der Waals surface area contributed by atoms with Crippen LogP contribution in [-0.2, 0) is 0 Å². The molecule has 0 bridgehead atoms. The molecular formula is C23H14BrFNO2-. The summed E-state index contributed by atoms with van der Waals surface area (Å²) in [4.78, 5) is 16.3. The molecule has 0 saturated carbocycles. The van der Waals surface area contributed by atoms with E-state index in [0.717, 1.165) is 21.2 Å². The lowest BCUT2D eigenvalue weighted by atomic mass is 9.96. The van der Waals surface area contributed by atoms with Crippen LogP contribution in [0.3, 0.4) is 0 Å². The number of carboxylic acid groups (broad SMARTS) is 1. The second-order valence-corrected chi connectivity index (χ2v) is 7.41. The quantitative estimate of drug-likeness (QED) is 0.448. The molecule has 3 nitrogen and oxygen atoms in total. The van der Waals surface area contributed by atoms with Crippen LogP contribution in [0.1, 0.15) is 15.9 Å². The maximum Gasteiger partial charge on any atom is 0.123 e. The van der Waals surface area contributed by atoms with E-state index in [1.54, 1.807) is 6.92 Å². The van der Waals surface area contributed by atoms with Gasteiger partial charge in [0, 0.05) is 21.0 Å². The highest BCUT2D eigenvalue weighted by atomic mass is 79.9. The minimum atomic E-state index is -1.34. The largest absolute Gasteiger partial charge is 0.545 e. The van der Waals surface area contributed by atoms with E-state index in [4.69, 9.17) is 0 Å². The maximum absolute atomic E-state index is 13.6. The van der Waals surface area contributed by atoms with Crippen LogP contribution in [0, 0.1) is 12.7 Å². The molecule has 1 aromatic heterocycles. The van der Waals surface area contributed by atoms with Crippen molar-refractivity contribution < 1.29 is 14.3 Å². The van der Waals surface area contributed by atoms with Gasteiger partial charge in [-0.1, -0.05) is 52.3 Å². The lowest BCUT2D eigenvalue weighted by Crippen LogP contribution is -2.24. The molecule has 1 heterocycles. The molecular weight excluding hydrogens is 421 g/mol. The lowest BCUT2D eigenvalue weighted by molar-refractivity contribution is -0.254. The predicted molar refractivity (Wildman–Crippen MR) is 109 cm³/mol. The van der Waals surface area contributed by atoms with Gasteiger partial charge < -0.3 is 9.90 Å². The molecule has 0 saturated heterocycles. The van der Waals surface area contributed by atoms with Crippen molar-refractivity contribution in [3.63, 3.8) is 0 Å². The van der Waals surface area contributed by atoms with Crippen molar-refractivity contribution in [2.75, 3.05) is 0 Å². The molecule has 0 aliphatic heterocycles. The third-order valence-corrected chi connectivity index (χ3v) is 5.26. The number of halogens is 2. The Bertz CT molecular complexity index is 1200. The van der Waals surface area contributed by atoms with Gasteiger partial charge in [0.1, 0.15) is 5.82 Å². The number of fused-ring (bicyclic) bond motifs is 1. The van der Waals surface area contributed by atoms with Crippen LogP contribution in [0.25, 0.3) is 33.3 Å². The number of pyridine rings is 1. The number of carbonyl (C=O) groups excluding carboxylic acids is 1. The number of aromatic carboxylic acids is 1. The number of benzene rings is 3. The first-order valence-corrected chi connectivity index (χ1v) is 9.41. The van der Waals surface area contributed by atoms with Gasteiger partial charge in [-0.25, -0.2) is 9.37 Å². The minimum Gasteiger partial charge on any atom is -0.545 e. The molecule has 0 fully saturated rings. The van der Waals surface area contributed by atoms with Crippen molar-refractivity contribution in [2.24, 2.45) is 0 Å². The second kappa shape index (κ2) is 7.17. The maximum atomic E-state index is 13.6. The number of hydrogen-bond acceptors (Lipinski definition) is 3. The van der Waals surface area contributed by atoms with E-state index in [0.29, 0.717) is 16.8 Å². The SMILES string of the molecule is Cc1c(-c2ccc(-c3ccc(Br)cc3)cc2)nc2ccc(F)cc2c1C(=O)[O-]. The Kier molecular flexibility index (Phi) is 4.69. The zero-order valence-corrected chi connectivity index (χ0v) is 16.5. The van der Waals surface area contributed by atoms with Crippen LogP contribution in [0.2, 0.25) is 0 Å². The number of carbonyl (C=O) groups is 1. The zero-order valence-electron chi connectivity index (χ0n) is 14.9. The number of hydrogen-bond donors (Lipinski definition) is 0. The van der Waals surface area contributed by atoms with Crippen molar-refractivity contribution >= 4 is 32.8 Å². The summed E-state index contributed by atoms with van der Waals surface area (Å²) in [5.74, 6) is -1.86. The lowest BCUT2D eigenvalue weighted by Gasteiger charge is -2.15. The predicted octanol–water partition coefficient (Wildman–Crippen LogP) is 5.14. The van der Waals surface area contributed by atoms with Gasteiger partial charge in [-0.05, 0) is 53.9 Å². The van der Waals surface area contributed by atoms with Crippen LogP contribution >= 0.6 is 15.9 Å². The van der Waals surface area contributed by atoms with E-state index in [9.17, 15) is 14.3 Å². The summed E-state index contributed by atoms with van der Waals surface area (Å²) in [5.41, 5.74) is 4.28. The van der Waals surface area contributed by atoms with Crippen LogP contribution in [0.4, 0.5) is 4.39 Å². The Hall–Kier alpha value is -3.05. The monoisotopic (exact) mass is 434 g/mol. The standard InChI is InChI=1S/C23H15BrFNO2/c1-13-21(23(27)28)19-12-18(25)10-11-20(19)26-22(13)16-4-2-14(3-5-16)15-6-8-17(24)9-7-15/h2-12H,1H3,(H,27,28)/p-1.